The number of carboxylic acid groups (broad SMARTS) is 1. The molecule has 0 aliphatic carbocycles. The molecule has 2 N–H and O–H groups in total. The Hall–Kier alpha value is -2.08. The fourth-order valence-electron chi connectivity index (χ4n) is 1.24. The third-order valence-corrected chi connectivity index (χ3v) is 2.23. The Bertz CT molecular complexity index is 406. The predicted molar refractivity (Wildman–Crippen MR) is 64.9 cm³/mol. The van der Waals surface area contributed by atoms with Gasteiger partial charge in [-0.05, 0) is 5.56 Å². The average molecular weight is 252 g/mol. The highest BCUT2D eigenvalue weighted by Crippen LogP contribution is 2.03. The molecule has 1 rings (SSSR count). The highest BCUT2D eigenvalue weighted by Gasteiger charge is 2.20. The number of benzene rings is 1. The summed E-state index contributed by atoms with van der Waals surface area (Å²) in [5.41, 5.74) is 3.10. The molecule has 1 unspecified atom stereocenters. The standard InChI is InChI=1S/C12H16N2O4/c1-14(2)12(17)18-13-10(11(15)16)8-9-6-4-3-5-7-9/h3-7,10,13H,8H2,1-2H3,(H,15,16). The van der Waals surface area contributed by atoms with Crippen LogP contribution in [-0.4, -0.2) is 42.2 Å². The monoisotopic (exact) mass is 252 g/mol. The minimum atomic E-state index is -1.08. The maximum absolute atomic E-state index is 11.2. The van der Waals surface area contributed by atoms with E-state index in [0.717, 1.165) is 5.56 Å². The van der Waals surface area contributed by atoms with Crippen molar-refractivity contribution in [2.24, 2.45) is 0 Å². The first-order valence-corrected chi connectivity index (χ1v) is 5.41. The molecule has 0 saturated heterocycles. The molecule has 0 bridgehead atoms. The van der Waals surface area contributed by atoms with Crippen molar-refractivity contribution in [2.75, 3.05) is 14.1 Å². The molecule has 1 aromatic rings. The zero-order valence-corrected chi connectivity index (χ0v) is 10.3. The molecule has 98 valence electrons. The minimum absolute atomic E-state index is 0.233. The average Bonchev–Trinajstić information content (AvgIpc) is 2.34. The Balaban J connectivity index is 2.56. The van der Waals surface area contributed by atoms with E-state index in [1.165, 1.54) is 19.0 Å². The Kier molecular flexibility index (Phi) is 5.13. The van der Waals surface area contributed by atoms with Gasteiger partial charge in [0.2, 0.25) is 0 Å². The minimum Gasteiger partial charge on any atom is -0.480 e. The second kappa shape index (κ2) is 6.61. The molecule has 1 aromatic carbocycles. The molecule has 0 aliphatic rings. The zero-order valence-electron chi connectivity index (χ0n) is 10.3. The molecule has 0 fully saturated rings. The van der Waals surface area contributed by atoms with E-state index in [2.05, 4.69) is 10.3 Å². The molecule has 18 heavy (non-hydrogen) atoms. The number of carbonyl (C=O) groups excluding carboxylic acids is 1. The van der Waals surface area contributed by atoms with Crippen LogP contribution in [0.4, 0.5) is 4.79 Å². The molecule has 0 aliphatic heterocycles. The van der Waals surface area contributed by atoms with Crippen molar-refractivity contribution < 1.29 is 19.5 Å². The molecular formula is C12H16N2O4. The first kappa shape index (κ1) is 14.0. The Labute approximate surface area is 105 Å². The van der Waals surface area contributed by atoms with E-state index in [9.17, 15) is 9.59 Å². The van der Waals surface area contributed by atoms with Crippen molar-refractivity contribution in [1.29, 1.82) is 0 Å². The van der Waals surface area contributed by atoms with Gasteiger partial charge >= 0.3 is 12.1 Å². The maximum atomic E-state index is 11.2. The number of hydrogen-bond donors (Lipinski definition) is 2. The van der Waals surface area contributed by atoms with E-state index < -0.39 is 18.1 Å². The van der Waals surface area contributed by atoms with Crippen LogP contribution in [0.15, 0.2) is 30.3 Å². The van der Waals surface area contributed by atoms with Crippen LogP contribution in [0.25, 0.3) is 0 Å². The molecule has 0 spiro atoms. The number of hydrogen-bond acceptors (Lipinski definition) is 4. The van der Waals surface area contributed by atoms with Crippen LogP contribution in [0.2, 0.25) is 0 Å². The van der Waals surface area contributed by atoms with E-state index in [1.54, 1.807) is 0 Å². The number of nitrogens with one attached hydrogen (secondary N) is 1. The molecule has 6 heteroatoms. The van der Waals surface area contributed by atoms with Gasteiger partial charge in [-0.15, -0.1) is 5.48 Å². The maximum Gasteiger partial charge on any atom is 0.428 e. The van der Waals surface area contributed by atoms with E-state index in [4.69, 9.17) is 5.11 Å². The van der Waals surface area contributed by atoms with Crippen LogP contribution in [0, 0.1) is 0 Å². The lowest BCUT2D eigenvalue weighted by atomic mass is 10.1. The summed E-state index contributed by atoms with van der Waals surface area (Å²) in [6, 6.07) is 8.13. The fraction of sp³-hybridized carbons (Fsp3) is 0.333. The summed E-state index contributed by atoms with van der Waals surface area (Å²) in [6.45, 7) is 0. The molecule has 1 atom stereocenters. The molecule has 0 saturated carbocycles. The third-order valence-electron chi connectivity index (χ3n) is 2.23. The van der Waals surface area contributed by atoms with Gasteiger partial charge in [0.05, 0.1) is 0 Å². The van der Waals surface area contributed by atoms with Crippen molar-refractivity contribution in [3.63, 3.8) is 0 Å². The van der Waals surface area contributed by atoms with Gasteiger partial charge in [-0.3, -0.25) is 4.79 Å². The predicted octanol–water partition coefficient (Wildman–Crippen LogP) is 0.885. The smallest absolute Gasteiger partial charge is 0.428 e. The van der Waals surface area contributed by atoms with Gasteiger partial charge in [-0.25, -0.2) is 4.79 Å². The number of aliphatic carboxylic acids is 1. The second-order valence-electron chi connectivity index (χ2n) is 3.96. The van der Waals surface area contributed by atoms with Crippen molar-refractivity contribution in [3.05, 3.63) is 35.9 Å². The number of carbonyl (C=O) groups is 2. The molecular weight excluding hydrogens is 236 g/mol. The van der Waals surface area contributed by atoms with Gasteiger partial charge in [0.15, 0.2) is 0 Å². The van der Waals surface area contributed by atoms with Crippen molar-refractivity contribution in [2.45, 2.75) is 12.5 Å². The number of nitrogens with zero attached hydrogens (tertiary/aromatic N) is 1. The van der Waals surface area contributed by atoms with Crippen LogP contribution in [0.3, 0.4) is 0 Å². The summed E-state index contributed by atoms with van der Waals surface area (Å²) in [7, 11) is 3.02. The lowest BCUT2D eigenvalue weighted by Gasteiger charge is -2.16. The lowest BCUT2D eigenvalue weighted by molar-refractivity contribution is -0.142. The fourth-order valence-corrected chi connectivity index (χ4v) is 1.24. The Morgan fingerprint density at radius 1 is 1.33 bits per heavy atom. The summed E-state index contributed by atoms with van der Waals surface area (Å²) in [4.78, 5) is 28.0. The van der Waals surface area contributed by atoms with E-state index in [1.807, 2.05) is 30.3 Å². The Morgan fingerprint density at radius 3 is 2.44 bits per heavy atom. The van der Waals surface area contributed by atoms with E-state index >= 15 is 0 Å². The lowest BCUT2D eigenvalue weighted by Crippen LogP contribution is -2.41. The van der Waals surface area contributed by atoms with Gasteiger partial charge < -0.3 is 14.8 Å². The van der Waals surface area contributed by atoms with E-state index in [0.29, 0.717) is 0 Å². The normalized spacial score (nSPS) is 11.7. The van der Waals surface area contributed by atoms with Crippen LogP contribution >= 0.6 is 0 Å². The summed E-state index contributed by atoms with van der Waals surface area (Å²) in [6.07, 6.45) is -0.411. The highest BCUT2D eigenvalue weighted by atomic mass is 16.7. The van der Waals surface area contributed by atoms with Crippen LogP contribution in [-0.2, 0) is 16.1 Å². The summed E-state index contributed by atoms with van der Waals surface area (Å²) >= 11 is 0. The molecule has 6 nitrogen and oxygen atoms in total. The van der Waals surface area contributed by atoms with Gasteiger partial charge in [0.1, 0.15) is 6.04 Å². The van der Waals surface area contributed by atoms with Crippen LogP contribution in [0.5, 0.6) is 0 Å². The Morgan fingerprint density at radius 2 is 1.94 bits per heavy atom. The largest absolute Gasteiger partial charge is 0.480 e. The highest BCUT2D eigenvalue weighted by molar-refractivity contribution is 5.74. The topological polar surface area (TPSA) is 78.9 Å². The van der Waals surface area contributed by atoms with Crippen molar-refractivity contribution in [3.8, 4) is 0 Å². The molecule has 0 heterocycles. The second-order valence-corrected chi connectivity index (χ2v) is 3.96. The number of hydroxylamine groups is 1. The van der Waals surface area contributed by atoms with Crippen molar-refractivity contribution >= 4 is 12.1 Å². The molecule has 0 aromatic heterocycles. The van der Waals surface area contributed by atoms with Crippen LogP contribution < -0.4 is 5.48 Å². The van der Waals surface area contributed by atoms with Gasteiger partial charge in [0, 0.05) is 20.5 Å². The molecule has 1 amide bonds. The summed E-state index contributed by atoms with van der Waals surface area (Å²) < 4.78 is 0. The van der Waals surface area contributed by atoms with Crippen LogP contribution in [0.1, 0.15) is 5.56 Å². The van der Waals surface area contributed by atoms with Crippen molar-refractivity contribution in [1.82, 2.24) is 10.4 Å². The van der Waals surface area contributed by atoms with E-state index in [-0.39, 0.29) is 6.42 Å². The first-order chi connectivity index (χ1) is 8.50. The zero-order chi connectivity index (χ0) is 13.5. The molecule has 0 radical (unpaired) electrons. The quantitative estimate of drug-likeness (QED) is 0.761. The number of rotatable bonds is 5. The first-order valence-electron chi connectivity index (χ1n) is 5.41. The summed E-state index contributed by atoms with van der Waals surface area (Å²) in [5.74, 6) is -1.08. The van der Waals surface area contributed by atoms with Gasteiger partial charge in [-0.2, -0.15) is 0 Å². The van der Waals surface area contributed by atoms with Gasteiger partial charge in [0.25, 0.3) is 0 Å². The van der Waals surface area contributed by atoms with Gasteiger partial charge in [-0.1, -0.05) is 30.3 Å². The SMILES string of the molecule is CN(C)C(=O)ONC(Cc1ccccc1)C(=O)O. The number of amides is 1. The summed E-state index contributed by atoms with van der Waals surface area (Å²) in [5, 5.41) is 9.02. The number of carboxylic acids is 1. The third kappa shape index (κ3) is 4.42.